The molecule has 1 saturated carbocycles. The molecule has 0 aliphatic heterocycles. The Bertz CT molecular complexity index is 417. The number of hydrogen-bond donors (Lipinski definition) is 2. The van der Waals surface area contributed by atoms with Crippen LogP contribution in [-0.4, -0.2) is 23.5 Å². The number of nitrogens with zero attached hydrogens (tertiary/aromatic N) is 2. The van der Waals surface area contributed by atoms with E-state index in [1.807, 2.05) is 19.2 Å². The third-order valence-corrected chi connectivity index (χ3v) is 3.86. The van der Waals surface area contributed by atoms with Crippen LogP contribution in [0.15, 0.2) is 23.3 Å². The maximum atomic E-state index is 5.97. The summed E-state index contributed by atoms with van der Waals surface area (Å²) in [6.07, 6.45) is 10.6. The average molecular weight is 274 g/mol. The monoisotopic (exact) mass is 274 g/mol. The highest BCUT2D eigenvalue weighted by atomic mass is 15.1. The number of guanidine groups is 1. The zero-order valence-electron chi connectivity index (χ0n) is 12.4. The second kappa shape index (κ2) is 7.88. The van der Waals surface area contributed by atoms with E-state index in [2.05, 4.69) is 21.4 Å². The maximum Gasteiger partial charge on any atom is 0.188 e. The lowest BCUT2D eigenvalue weighted by molar-refractivity contribution is 0.530. The number of nitrogens with one attached hydrogen (secondary N) is 1. The van der Waals surface area contributed by atoms with Crippen molar-refractivity contribution in [1.82, 2.24) is 10.3 Å². The molecule has 20 heavy (non-hydrogen) atoms. The lowest BCUT2D eigenvalue weighted by Crippen LogP contribution is -2.40. The first-order chi connectivity index (χ1) is 9.74. The van der Waals surface area contributed by atoms with Crippen LogP contribution in [0.1, 0.15) is 49.8 Å². The minimum atomic E-state index is 0.516. The van der Waals surface area contributed by atoms with Crippen LogP contribution in [0.2, 0.25) is 0 Å². The zero-order chi connectivity index (χ0) is 14.2. The van der Waals surface area contributed by atoms with Gasteiger partial charge in [0.15, 0.2) is 5.96 Å². The number of aryl methyl sites for hydroxylation is 1. The summed E-state index contributed by atoms with van der Waals surface area (Å²) >= 11 is 0. The minimum Gasteiger partial charge on any atom is -0.370 e. The molecule has 4 heteroatoms. The summed E-state index contributed by atoms with van der Waals surface area (Å²) in [5.41, 5.74) is 8.22. The lowest BCUT2D eigenvalue weighted by Gasteiger charge is -2.16. The average Bonchev–Trinajstić information content (AvgIpc) is 2.70. The quantitative estimate of drug-likeness (QED) is 0.504. The summed E-state index contributed by atoms with van der Waals surface area (Å²) in [6, 6.07) is 4.65. The molecule has 0 radical (unpaired) electrons. The molecule has 0 aromatic carbocycles. The number of hydrogen-bond acceptors (Lipinski definition) is 2. The fourth-order valence-corrected chi connectivity index (χ4v) is 2.63. The third kappa shape index (κ3) is 5.19. The van der Waals surface area contributed by atoms with Crippen molar-refractivity contribution in [3.63, 3.8) is 0 Å². The van der Waals surface area contributed by atoms with Crippen LogP contribution in [0.5, 0.6) is 0 Å². The Morgan fingerprint density at radius 3 is 2.70 bits per heavy atom. The smallest absolute Gasteiger partial charge is 0.188 e. The molecule has 0 amide bonds. The maximum absolute atomic E-state index is 5.97. The van der Waals surface area contributed by atoms with E-state index in [4.69, 9.17) is 5.73 Å². The Kier molecular flexibility index (Phi) is 5.84. The van der Waals surface area contributed by atoms with Gasteiger partial charge in [-0.3, -0.25) is 9.98 Å². The largest absolute Gasteiger partial charge is 0.370 e. The Morgan fingerprint density at radius 1 is 1.30 bits per heavy atom. The number of aliphatic imine (C=N–C) groups is 1. The molecule has 2 rings (SSSR count). The number of pyridine rings is 1. The molecular formula is C16H26N4. The first-order valence-corrected chi connectivity index (χ1v) is 7.72. The van der Waals surface area contributed by atoms with Gasteiger partial charge in [-0.1, -0.05) is 31.7 Å². The van der Waals surface area contributed by atoms with Gasteiger partial charge in [-0.05, 0) is 37.8 Å². The molecule has 0 saturated heterocycles. The third-order valence-electron chi connectivity index (χ3n) is 3.86. The molecule has 3 N–H and O–H groups in total. The van der Waals surface area contributed by atoms with Crippen molar-refractivity contribution in [1.29, 1.82) is 0 Å². The van der Waals surface area contributed by atoms with E-state index in [0.717, 1.165) is 18.7 Å². The predicted molar refractivity (Wildman–Crippen MR) is 83.8 cm³/mol. The van der Waals surface area contributed by atoms with Gasteiger partial charge in [0.05, 0.1) is 0 Å². The minimum absolute atomic E-state index is 0.516. The zero-order valence-corrected chi connectivity index (χ0v) is 12.4. The summed E-state index contributed by atoms with van der Waals surface area (Å²) in [5, 5.41) is 3.37. The van der Waals surface area contributed by atoms with Crippen LogP contribution in [0, 0.1) is 6.92 Å². The molecule has 0 bridgehead atoms. The van der Waals surface area contributed by atoms with Crippen LogP contribution in [-0.2, 0) is 6.42 Å². The second-order valence-electron chi connectivity index (χ2n) is 5.66. The van der Waals surface area contributed by atoms with E-state index in [0.29, 0.717) is 12.0 Å². The molecule has 1 aromatic rings. The van der Waals surface area contributed by atoms with Crippen molar-refractivity contribution >= 4 is 5.96 Å². The Balaban J connectivity index is 1.74. The van der Waals surface area contributed by atoms with Gasteiger partial charge in [0.2, 0.25) is 0 Å². The van der Waals surface area contributed by atoms with Gasteiger partial charge in [0.25, 0.3) is 0 Å². The summed E-state index contributed by atoms with van der Waals surface area (Å²) in [5.74, 6) is 0.594. The van der Waals surface area contributed by atoms with Crippen LogP contribution >= 0.6 is 0 Å². The Hall–Kier alpha value is -1.58. The number of nitrogens with two attached hydrogens (primary N) is 1. The van der Waals surface area contributed by atoms with E-state index in [-0.39, 0.29) is 0 Å². The van der Waals surface area contributed by atoms with E-state index in [1.54, 1.807) is 0 Å². The van der Waals surface area contributed by atoms with Gasteiger partial charge in [0.1, 0.15) is 0 Å². The van der Waals surface area contributed by atoms with Crippen molar-refractivity contribution in [2.75, 3.05) is 6.54 Å². The molecule has 1 heterocycles. The molecule has 0 spiro atoms. The van der Waals surface area contributed by atoms with Crippen molar-refractivity contribution in [3.8, 4) is 0 Å². The highest BCUT2D eigenvalue weighted by Gasteiger charge is 2.11. The highest BCUT2D eigenvalue weighted by molar-refractivity contribution is 5.78. The fraction of sp³-hybridized carbons (Fsp3) is 0.625. The van der Waals surface area contributed by atoms with Gasteiger partial charge in [-0.2, -0.15) is 0 Å². The summed E-state index contributed by atoms with van der Waals surface area (Å²) in [4.78, 5) is 8.71. The van der Waals surface area contributed by atoms with Crippen molar-refractivity contribution < 1.29 is 0 Å². The van der Waals surface area contributed by atoms with Crippen molar-refractivity contribution in [3.05, 3.63) is 29.6 Å². The SMILES string of the molecule is Cc1ccc(CCN=C(N)NC2CCCCCC2)cn1. The first-order valence-electron chi connectivity index (χ1n) is 7.72. The first kappa shape index (κ1) is 14.8. The molecule has 0 unspecified atom stereocenters. The van der Waals surface area contributed by atoms with E-state index < -0.39 is 0 Å². The van der Waals surface area contributed by atoms with Gasteiger partial charge in [0, 0.05) is 24.5 Å². The molecule has 0 atom stereocenters. The highest BCUT2D eigenvalue weighted by Crippen LogP contribution is 2.16. The van der Waals surface area contributed by atoms with Crippen molar-refractivity contribution in [2.45, 2.75) is 57.9 Å². The second-order valence-corrected chi connectivity index (χ2v) is 5.66. The van der Waals surface area contributed by atoms with Crippen LogP contribution in [0.3, 0.4) is 0 Å². The van der Waals surface area contributed by atoms with Gasteiger partial charge < -0.3 is 11.1 Å². The topological polar surface area (TPSA) is 63.3 Å². The van der Waals surface area contributed by atoms with Crippen LogP contribution in [0.4, 0.5) is 0 Å². The van der Waals surface area contributed by atoms with E-state index in [1.165, 1.54) is 44.1 Å². The molecular weight excluding hydrogens is 248 g/mol. The van der Waals surface area contributed by atoms with Gasteiger partial charge in [-0.25, -0.2) is 0 Å². The molecule has 110 valence electrons. The number of rotatable bonds is 4. The normalized spacial score (nSPS) is 17.8. The van der Waals surface area contributed by atoms with Gasteiger partial charge >= 0.3 is 0 Å². The van der Waals surface area contributed by atoms with Crippen LogP contribution in [0.25, 0.3) is 0 Å². The standard InChI is InChI=1S/C16H26N4/c1-13-8-9-14(12-19-13)10-11-18-16(17)20-15-6-4-2-3-5-7-15/h8-9,12,15H,2-7,10-11H2,1H3,(H3,17,18,20). The fourth-order valence-electron chi connectivity index (χ4n) is 2.63. The van der Waals surface area contributed by atoms with E-state index in [9.17, 15) is 0 Å². The molecule has 1 aliphatic rings. The lowest BCUT2D eigenvalue weighted by atomic mass is 10.1. The summed E-state index contributed by atoms with van der Waals surface area (Å²) in [7, 11) is 0. The molecule has 4 nitrogen and oxygen atoms in total. The Morgan fingerprint density at radius 2 is 2.05 bits per heavy atom. The molecule has 1 aliphatic carbocycles. The van der Waals surface area contributed by atoms with Crippen LogP contribution < -0.4 is 11.1 Å². The number of aromatic nitrogens is 1. The van der Waals surface area contributed by atoms with Crippen molar-refractivity contribution in [2.24, 2.45) is 10.7 Å². The van der Waals surface area contributed by atoms with E-state index >= 15 is 0 Å². The Labute approximate surface area is 121 Å². The predicted octanol–water partition coefficient (Wildman–Crippen LogP) is 2.56. The summed E-state index contributed by atoms with van der Waals surface area (Å²) in [6.45, 7) is 2.72. The molecule has 1 fully saturated rings. The summed E-state index contributed by atoms with van der Waals surface area (Å²) < 4.78 is 0. The molecule has 1 aromatic heterocycles. The van der Waals surface area contributed by atoms with Gasteiger partial charge in [-0.15, -0.1) is 0 Å².